The van der Waals surface area contributed by atoms with Crippen LogP contribution in [0.25, 0.3) is 0 Å². The standard InChI is InChI=1S/C14H23N3O2S/c1-4-13-7-5-6-8-14(13)16-9-11-17(12-10-16)20(18,19)15(2)3/h5-8H,4,9-12H2,1-3H3. The third-order valence-electron chi connectivity index (χ3n) is 3.74. The van der Waals surface area contributed by atoms with E-state index in [0.29, 0.717) is 13.1 Å². The van der Waals surface area contributed by atoms with Crippen molar-refractivity contribution < 1.29 is 8.42 Å². The molecule has 0 aromatic heterocycles. The van der Waals surface area contributed by atoms with Crippen molar-refractivity contribution in [1.29, 1.82) is 0 Å². The van der Waals surface area contributed by atoms with Crippen LogP contribution in [0.1, 0.15) is 12.5 Å². The molecule has 0 bridgehead atoms. The molecule has 5 nitrogen and oxygen atoms in total. The Hall–Kier alpha value is -1.11. The quantitative estimate of drug-likeness (QED) is 0.838. The molecule has 1 fully saturated rings. The second-order valence-electron chi connectivity index (χ2n) is 5.16. The molecule has 1 aromatic rings. The molecule has 112 valence electrons. The van der Waals surface area contributed by atoms with Gasteiger partial charge in [-0.15, -0.1) is 0 Å². The average molecular weight is 297 g/mol. The molecule has 0 atom stereocenters. The molecular weight excluding hydrogens is 274 g/mol. The predicted octanol–water partition coefficient (Wildman–Crippen LogP) is 1.18. The molecule has 2 rings (SSSR count). The predicted molar refractivity (Wildman–Crippen MR) is 82.2 cm³/mol. The number of benzene rings is 1. The van der Waals surface area contributed by atoms with Crippen molar-refractivity contribution in [2.75, 3.05) is 45.2 Å². The molecule has 0 unspecified atom stereocenters. The first-order valence-corrected chi connectivity index (χ1v) is 8.37. The van der Waals surface area contributed by atoms with Crippen molar-refractivity contribution in [3.63, 3.8) is 0 Å². The summed E-state index contributed by atoms with van der Waals surface area (Å²) in [7, 11) is -0.126. The molecule has 0 radical (unpaired) electrons. The van der Waals surface area contributed by atoms with E-state index in [1.54, 1.807) is 18.4 Å². The van der Waals surface area contributed by atoms with Crippen molar-refractivity contribution in [3.05, 3.63) is 29.8 Å². The number of piperazine rings is 1. The van der Waals surface area contributed by atoms with Gasteiger partial charge in [0.05, 0.1) is 0 Å². The van der Waals surface area contributed by atoms with Gasteiger partial charge in [0.2, 0.25) is 0 Å². The topological polar surface area (TPSA) is 43.9 Å². The van der Waals surface area contributed by atoms with Crippen LogP contribution in [0.15, 0.2) is 24.3 Å². The minimum Gasteiger partial charge on any atom is -0.369 e. The smallest absolute Gasteiger partial charge is 0.281 e. The van der Waals surface area contributed by atoms with Crippen molar-refractivity contribution in [2.24, 2.45) is 0 Å². The van der Waals surface area contributed by atoms with E-state index in [-0.39, 0.29) is 0 Å². The molecule has 1 heterocycles. The van der Waals surface area contributed by atoms with Crippen LogP contribution >= 0.6 is 0 Å². The first kappa shape index (κ1) is 15.3. The maximum Gasteiger partial charge on any atom is 0.281 e. The highest BCUT2D eigenvalue weighted by atomic mass is 32.2. The highest BCUT2D eigenvalue weighted by Gasteiger charge is 2.28. The Morgan fingerprint density at radius 3 is 2.25 bits per heavy atom. The molecule has 6 heteroatoms. The molecule has 0 N–H and O–H groups in total. The summed E-state index contributed by atoms with van der Waals surface area (Å²) >= 11 is 0. The van der Waals surface area contributed by atoms with Gasteiger partial charge in [-0.1, -0.05) is 25.1 Å². The lowest BCUT2D eigenvalue weighted by Crippen LogP contribution is -2.51. The van der Waals surface area contributed by atoms with E-state index in [0.717, 1.165) is 19.5 Å². The fraction of sp³-hybridized carbons (Fsp3) is 0.571. The van der Waals surface area contributed by atoms with Gasteiger partial charge in [0.25, 0.3) is 10.2 Å². The van der Waals surface area contributed by atoms with Crippen molar-refractivity contribution in [2.45, 2.75) is 13.3 Å². The Morgan fingerprint density at radius 2 is 1.70 bits per heavy atom. The zero-order valence-electron chi connectivity index (χ0n) is 12.4. The first-order valence-electron chi connectivity index (χ1n) is 6.97. The first-order chi connectivity index (χ1) is 9.46. The third kappa shape index (κ3) is 2.97. The fourth-order valence-electron chi connectivity index (χ4n) is 2.51. The number of nitrogens with zero attached hydrogens (tertiary/aromatic N) is 3. The summed E-state index contributed by atoms with van der Waals surface area (Å²) in [5, 5.41) is 0. The molecule has 0 saturated carbocycles. The van der Waals surface area contributed by atoms with E-state index in [2.05, 4.69) is 30.0 Å². The highest BCUT2D eigenvalue weighted by Crippen LogP contribution is 2.23. The zero-order valence-corrected chi connectivity index (χ0v) is 13.2. The summed E-state index contributed by atoms with van der Waals surface area (Å²) in [6.07, 6.45) is 0.992. The Labute approximate surface area is 122 Å². The lowest BCUT2D eigenvalue weighted by molar-refractivity contribution is 0.355. The molecule has 1 aliphatic heterocycles. The molecule has 1 aliphatic rings. The maximum atomic E-state index is 12.1. The van der Waals surface area contributed by atoms with Gasteiger partial charge in [-0.3, -0.25) is 0 Å². The number of hydrogen-bond donors (Lipinski definition) is 0. The van der Waals surface area contributed by atoms with Crippen molar-refractivity contribution in [1.82, 2.24) is 8.61 Å². The number of para-hydroxylation sites is 1. The average Bonchev–Trinajstić information content (AvgIpc) is 2.47. The summed E-state index contributed by atoms with van der Waals surface area (Å²) in [6.45, 7) is 4.71. The lowest BCUT2D eigenvalue weighted by Gasteiger charge is -2.37. The number of rotatable bonds is 4. The molecule has 20 heavy (non-hydrogen) atoms. The molecule has 0 aliphatic carbocycles. The summed E-state index contributed by atoms with van der Waals surface area (Å²) in [5.41, 5.74) is 2.55. The van der Waals surface area contributed by atoms with Crippen molar-refractivity contribution >= 4 is 15.9 Å². The van der Waals surface area contributed by atoms with Gasteiger partial charge in [-0.05, 0) is 18.1 Å². The van der Waals surface area contributed by atoms with Crippen LogP contribution in [0.3, 0.4) is 0 Å². The van der Waals surface area contributed by atoms with Crippen LogP contribution in [0.2, 0.25) is 0 Å². The van der Waals surface area contributed by atoms with E-state index in [9.17, 15) is 8.42 Å². The monoisotopic (exact) mass is 297 g/mol. The SMILES string of the molecule is CCc1ccccc1N1CCN(S(=O)(=O)N(C)C)CC1. The number of aryl methyl sites for hydroxylation is 1. The summed E-state index contributed by atoms with van der Waals surface area (Å²) in [5.74, 6) is 0. The largest absolute Gasteiger partial charge is 0.369 e. The minimum atomic E-state index is -3.28. The van der Waals surface area contributed by atoms with Gasteiger partial charge in [0, 0.05) is 46.0 Å². The Bertz CT molecular complexity index is 549. The second kappa shape index (κ2) is 6.11. The Morgan fingerprint density at radius 1 is 1.10 bits per heavy atom. The van der Waals surface area contributed by atoms with Gasteiger partial charge < -0.3 is 4.90 Å². The highest BCUT2D eigenvalue weighted by molar-refractivity contribution is 7.86. The number of anilines is 1. The summed E-state index contributed by atoms with van der Waals surface area (Å²) in [6, 6.07) is 8.35. The molecular formula is C14H23N3O2S. The van der Waals surface area contributed by atoms with Crippen LogP contribution in [-0.4, -0.2) is 57.3 Å². The molecule has 0 spiro atoms. The Kier molecular flexibility index (Phi) is 4.67. The van der Waals surface area contributed by atoms with Gasteiger partial charge >= 0.3 is 0 Å². The molecule has 1 aromatic carbocycles. The lowest BCUT2D eigenvalue weighted by atomic mass is 10.1. The zero-order chi connectivity index (χ0) is 14.8. The van der Waals surface area contributed by atoms with E-state index >= 15 is 0 Å². The van der Waals surface area contributed by atoms with Gasteiger partial charge in [-0.2, -0.15) is 17.0 Å². The van der Waals surface area contributed by atoms with Gasteiger partial charge in [0.15, 0.2) is 0 Å². The van der Waals surface area contributed by atoms with Crippen molar-refractivity contribution in [3.8, 4) is 0 Å². The summed E-state index contributed by atoms with van der Waals surface area (Å²) < 4.78 is 27.0. The van der Waals surface area contributed by atoms with Crippen LogP contribution < -0.4 is 4.90 Å². The van der Waals surface area contributed by atoms with Gasteiger partial charge in [0.1, 0.15) is 0 Å². The molecule has 0 amide bonds. The summed E-state index contributed by atoms with van der Waals surface area (Å²) in [4.78, 5) is 2.28. The van der Waals surface area contributed by atoms with Crippen LogP contribution in [0, 0.1) is 0 Å². The van der Waals surface area contributed by atoms with Crippen LogP contribution in [0.4, 0.5) is 5.69 Å². The van der Waals surface area contributed by atoms with E-state index in [4.69, 9.17) is 0 Å². The van der Waals surface area contributed by atoms with E-state index in [1.165, 1.54) is 15.6 Å². The van der Waals surface area contributed by atoms with Crippen LogP contribution in [0.5, 0.6) is 0 Å². The third-order valence-corrected chi connectivity index (χ3v) is 5.68. The second-order valence-corrected chi connectivity index (χ2v) is 7.30. The van der Waals surface area contributed by atoms with E-state index < -0.39 is 10.2 Å². The van der Waals surface area contributed by atoms with E-state index in [1.807, 2.05) is 6.07 Å². The normalized spacial score (nSPS) is 17.7. The van der Waals surface area contributed by atoms with Gasteiger partial charge in [-0.25, -0.2) is 0 Å². The Balaban J connectivity index is 2.08. The fourth-order valence-corrected chi connectivity index (χ4v) is 3.60. The van der Waals surface area contributed by atoms with Crippen LogP contribution in [-0.2, 0) is 16.6 Å². The maximum absolute atomic E-state index is 12.1. The minimum absolute atomic E-state index is 0.540. The number of hydrogen-bond acceptors (Lipinski definition) is 3. The molecule has 1 saturated heterocycles.